The minimum Gasteiger partial charge on any atom is -0.340 e. The summed E-state index contributed by atoms with van der Waals surface area (Å²) >= 11 is 0. The lowest BCUT2D eigenvalue weighted by atomic mass is 10.1. The van der Waals surface area contributed by atoms with Gasteiger partial charge in [-0.25, -0.2) is 9.18 Å². The number of hydrogen-bond acceptors (Lipinski definition) is 4. The highest BCUT2D eigenvalue weighted by molar-refractivity contribution is 5.98. The predicted molar refractivity (Wildman–Crippen MR) is 90.2 cm³/mol. The van der Waals surface area contributed by atoms with Gasteiger partial charge < -0.3 is 10.2 Å². The molecule has 0 aliphatic carbocycles. The molecule has 0 radical (unpaired) electrons. The third-order valence-electron chi connectivity index (χ3n) is 4.15. The highest BCUT2D eigenvalue weighted by Gasteiger charge is 2.28. The Balaban J connectivity index is 1.72. The molecule has 1 aliphatic rings. The van der Waals surface area contributed by atoms with Crippen molar-refractivity contribution >= 4 is 17.8 Å². The molecule has 1 aromatic heterocycles. The lowest BCUT2D eigenvalue weighted by Crippen LogP contribution is -2.48. The van der Waals surface area contributed by atoms with Crippen molar-refractivity contribution in [1.29, 1.82) is 0 Å². The molecule has 1 aliphatic heterocycles. The van der Waals surface area contributed by atoms with E-state index < -0.39 is 18.0 Å². The molecular weight excluding hydrogens is 341 g/mol. The second-order valence-corrected chi connectivity index (χ2v) is 6.08. The van der Waals surface area contributed by atoms with Crippen LogP contribution in [0, 0.1) is 5.82 Å². The van der Waals surface area contributed by atoms with Crippen LogP contribution in [0.5, 0.6) is 0 Å². The Morgan fingerprint density at radius 3 is 2.77 bits per heavy atom. The molecule has 8 nitrogen and oxygen atoms in total. The van der Waals surface area contributed by atoms with Crippen molar-refractivity contribution in [3.05, 3.63) is 41.8 Å². The Bertz CT molecular complexity index is 833. The van der Waals surface area contributed by atoms with E-state index in [1.165, 1.54) is 17.0 Å². The minimum atomic E-state index is -0.771. The smallest absolute Gasteiger partial charge is 0.322 e. The molecule has 136 valence electrons. The van der Waals surface area contributed by atoms with Gasteiger partial charge in [0, 0.05) is 31.1 Å². The number of likely N-dealkylation sites (N-methyl/N-ethyl adjacent to an activating group) is 1. The van der Waals surface area contributed by atoms with Crippen LogP contribution in [0.25, 0.3) is 11.3 Å². The Morgan fingerprint density at radius 2 is 2.04 bits per heavy atom. The average molecular weight is 359 g/mol. The lowest BCUT2D eigenvalue weighted by molar-refractivity contribution is -0.132. The molecule has 1 fully saturated rings. The molecular formula is C17H18FN5O3. The van der Waals surface area contributed by atoms with Crippen molar-refractivity contribution in [2.45, 2.75) is 25.4 Å². The maximum atomic E-state index is 13.1. The molecule has 26 heavy (non-hydrogen) atoms. The van der Waals surface area contributed by atoms with Crippen LogP contribution in [0.4, 0.5) is 9.18 Å². The van der Waals surface area contributed by atoms with E-state index >= 15 is 0 Å². The summed E-state index contributed by atoms with van der Waals surface area (Å²) in [5, 5.41) is 11.5. The number of halogens is 1. The van der Waals surface area contributed by atoms with Crippen LogP contribution in [0.1, 0.15) is 18.4 Å². The first-order valence-corrected chi connectivity index (χ1v) is 8.07. The van der Waals surface area contributed by atoms with Crippen molar-refractivity contribution in [3.63, 3.8) is 0 Å². The standard InChI is InChI=1S/C17H18FN5O3/c1-23(16(25)13-6-7-14(24)21-17(26)20-13)9-11-8-19-22-15(11)10-2-4-12(18)5-3-10/h2-5,8,13H,6-7,9H2,1H3,(H,19,22)(H2,20,21,24,26)/t13-/m1/s1. The number of urea groups is 1. The van der Waals surface area contributed by atoms with E-state index in [9.17, 15) is 18.8 Å². The number of carbonyl (C=O) groups excluding carboxylic acids is 3. The van der Waals surface area contributed by atoms with Gasteiger partial charge in [-0.05, 0) is 30.7 Å². The van der Waals surface area contributed by atoms with Crippen molar-refractivity contribution in [2.24, 2.45) is 0 Å². The number of imide groups is 1. The number of amides is 4. The summed E-state index contributed by atoms with van der Waals surface area (Å²) in [6, 6.07) is 4.50. The molecule has 2 aromatic rings. The summed E-state index contributed by atoms with van der Waals surface area (Å²) in [5.41, 5.74) is 2.19. The van der Waals surface area contributed by atoms with Crippen LogP contribution in [0.3, 0.4) is 0 Å². The van der Waals surface area contributed by atoms with Gasteiger partial charge in [0.05, 0.1) is 11.9 Å². The van der Waals surface area contributed by atoms with Crippen molar-refractivity contribution in [3.8, 4) is 11.3 Å². The second kappa shape index (κ2) is 7.34. The summed E-state index contributed by atoms with van der Waals surface area (Å²) in [5.74, 6) is -1.05. The highest BCUT2D eigenvalue weighted by atomic mass is 19.1. The molecule has 3 rings (SSSR count). The monoisotopic (exact) mass is 359 g/mol. The normalized spacial score (nSPS) is 17.2. The first-order chi connectivity index (χ1) is 12.4. The predicted octanol–water partition coefficient (Wildman–Crippen LogP) is 1.16. The zero-order valence-electron chi connectivity index (χ0n) is 14.1. The van der Waals surface area contributed by atoms with Gasteiger partial charge in [0.2, 0.25) is 11.8 Å². The van der Waals surface area contributed by atoms with E-state index in [1.807, 2.05) is 0 Å². The summed E-state index contributed by atoms with van der Waals surface area (Å²) in [6.07, 6.45) is 1.92. The molecule has 1 atom stereocenters. The van der Waals surface area contributed by atoms with Crippen molar-refractivity contribution in [2.75, 3.05) is 7.05 Å². The number of H-pyrrole nitrogens is 1. The third-order valence-corrected chi connectivity index (χ3v) is 4.15. The average Bonchev–Trinajstić information content (AvgIpc) is 2.99. The van der Waals surface area contributed by atoms with E-state index in [-0.39, 0.29) is 31.1 Å². The molecule has 1 aromatic carbocycles. The van der Waals surface area contributed by atoms with E-state index in [0.717, 1.165) is 11.1 Å². The number of aromatic nitrogens is 2. The molecule has 2 heterocycles. The summed E-state index contributed by atoms with van der Waals surface area (Å²) in [7, 11) is 1.61. The topological polar surface area (TPSA) is 107 Å². The zero-order chi connectivity index (χ0) is 18.7. The van der Waals surface area contributed by atoms with Gasteiger partial charge in [0.15, 0.2) is 0 Å². The minimum absolute atomic E-state index is 0.0928. The second-order valence-electron chi connectivity index (χ2n) is 6.08. The Labute approximate surface area is 148 Å². The van der Waals surface area contributed by atoms with Crippen LogP contribution < -0.4 is 10.6 Å². The zero-order valence-corrected chi connectivity index (χ0v) is 14.1. The van der Waals surface area contributed by atoms with Gasteiger partial charge in [0.25, 0.3) is 0 Å². The van der Waals surface area contributed by atoms with E-state index in [4.69, 9.17) is 0 Å². The van der Waals surface area contributed by atoms with Gasteiger partial charge in [-0.3, -0.25) is 20.0 Å². The molecule has 3 N–H and O–H groups in total. The molecule has 4 amide bonds. The fourth-order valence-corrected chi connectivity index (χ4v) is 2.81. The fourth-order valence-electron chi connectivity index (χ4n) is 2.81. The number of benzene rings is 1. The van der Waals surface area contributed by atoms with Gasteiger partial charge in [-0.1, -0.05) is 0 Å². The van der Waals surface area contributed by atoms with Crippen LogP contribution in [-0.4, -0.2) is 46.0 Å². The quantitative estimate of drug-likeness (QED) is 0.761. The molecule has 0 saturated carbocycles. The number of nitrogens with one attached hydrogen (secondary N) is 3. The van der Waals surface area contributed by atoms with E-state index in [2.05, 4.69) is 20.8 Å². The number of hydrogen-bond donors (Lipinski definition) is 3. The fraction of sp³-hybridized carbons (Fsp3) is 0.294. The van der Waals surface area contributed by atoms with Gasteiger partial charge in [-0.15, -0.1) is 0 Å². The van der Waals surface area contributed by atoms with Crippen LogP contribution in [0.2, 0.25) is 0 Å². The summed E-state index contributed by atoms with van der Waals surface area (Å²) in [4.78, 5) is 37.0. The van der Waals surface area contributed by atoms with Gasteiger partial charge >= 0.3 is 6.03 Å². The Hall–Kier alpha value is -3.23. The van der Waals surface area contributed by atoms with E-state index in [1.54, 1.807) is 25.4 Å². The number of rotatable bonds is 4. The van der Waals surface area contributed by atoms with Crippen LogP contribution >= 0.6 is 0 Å². The number of aromatic amines is 1. The van der Waals surface area contributed by atoms with Crippen molar-refractivity contribution in [1.82, 2.24) is 25.7 Å². The van der Waals surface area contributed by atoms with Crippen LogP contribution in [-0.2, 0) is 16.1 Å². The maximum absolute atomic E-state index is 13.1. The number of nitrogens with zero attached hydrogens (tertiary/aromatic N) is 2. The third kappa shape index (κ3) is 3.88. The number of carbonyl (C=O) groups is 3. The molecule has 0 unspecified atom stereocenters. The maximum Gasteiger partial charge on any atom is 0.322 e. The van der Waals surface area contributed by atoms with Gasteiger partial charge in [-0.2, -0.15) is 5.10 Å². The van der Waals surface area contributed by atoms with Gasteiger partial charge in [0.1, 0.15) is 11.9 Å². The molecule has 0 spiro atoms. The Kier molecular flexibility index (Phi) is 4.97. The molecule has 9 heteroatoms. The van der Waals surface area contributed by atoms with E-state index in [0.29, 0.717) is 5.69 Å². The van der Waals surface area contributed by atoms with Crippen molar-refractivity contribution < 1.29 is 18.8 Å². The largest absolute Gasteiger partial charge is 0.340 e. The summed E-state index contributed by atoms with van der Waals surface area (Å²) in [6.45, 7) is 0.246. The SMILES string of the molecule is CN(Cc1cn[nH]c1-c1ccc(F)cc1)C(=O)[C@H]1CCC(=O)NC(=O)N1. The first-order valence-electron chi connectivity index (χ1n) is 8.07. The molecule has 0 bridgehead atoms. The first kappa shape index (κ1) is 17.6. The Morgan fingerprint density at radius 1 is 1.31 bits per heavy atom. The molecule has 1 saturated heterocycles. The van der Waals surface area contributed by atoms with Crippen LogP contribution in [0.15, 0.2) is 30.5 Å². The summed E-state index contributed by atoms with van der Waals surface area (Å²) < 4.78 is 13.1. The lowest BCUT2D eigenvalue weighted by Gasteiger charge is -2.23. The highest BCUT2D eigenvalue weighted by Crippen LogP contribution is 2.22.